The van der Waals surface area contributed by atoms with E-state index in [2.05, 4.69) is 20.9 Å². The number of nitrogens with zero attached hydrogens (tertiary/aromatic N) is 1. The number of carbonyl (C=O) groups is 1. The maximum Gasteiger partial charge on any atom is 0.231 e. The first-order chi connectivity index (χ1) is 13.6. The Balaban J connectivity index is 0.00000300. The van der Waals surface area contributed by atoms with Crippen molar-refractivity contribution in [1.29, 1.82) is 0 Å². The van der Waals surface area contributed by atoms with E-state index >= 15 is 0 Å². The molecule has 0 atom stereocenters. The lowest BCUT2D eigenvalue weighted by molar-refractivity contribution is -0.114. The summed E-state index contributed by atoms with van der Waals surface area (Å²) in [6, 6.07) is 13.7. The first-order valence-electron chi connectivity index (χ1n) is 9.41. The number of anilines is 1. The Bertz CT molecular complexity index is 840. The molecule has 0 aliphatic carbocycles. The molecule has 7 nitrogen and oxygen atoms in total. The Hall–Kier alpha value is -2.49. The van der Waals surface area contributed by atoms with E-state index in [9.17, 15) is 4.79 Å². The van der Waals surface area contributed by atoms with Crippen LogP contribution in [0.1, 0.15) is 25.0 Å². The Kier molecular flexibility index (Phi) is 9.04. The minimum Gasteiger partial charge on any atom is -0.454 e. The van der Waals surface area contributed by atoms with Gasteiger partial charge in [-0.3, -0.25) is 4.79 Å². The molecule has 0 unspecified atom stereocenters. The summed E-state index contributed by atoms with van der Waals surface area (Å²) in [5.41, 5.74) is 3.06. The van der Waals surface area contributed by atoms with Crippen LogP contribution in [0.4, 0.5) is 5.69 Å². The Labute approximate surface area is 188 Å². The van der Waals surface area contributed by atoms with E-state index in [0.717, 1.165) is 48.2 Å². The van der Waals surface area contributed by atoms with Crippen molar-refractivity contribution >= 4 is 41.5 Å². The number of rotatable bonds is 7. The Morgan fingerprint density at radius 1 is 1.03 bits per heavy atom. The van der Waals surface area contributed by atoms with Gasteiger partial charge in [-0.15, -0.1) is 24.0 Å². The van der Waals surface area contributed by atoms with Gasteiger partial charge in [-0.2, -0.15) is 0 Å². The van der Waals surface area contributed by atoms with Crippen molar-refractivity contribution in [2.45, 2.75) is 26.8 Å². The quantitative estimate of drug-likeness (QED) is 0.303. The van der Waals surface area contributed by atoms with Crippen LogP contribution in [0, 0.1) is 0 Å². The van der Waals surface area contributed by atoms with Crippen LogP contribution in [0.3, 0.4) is 0 Å². The van der Waals surface area contributed by atoms with Gasteiger partial charge in [-0.25, -0.2) is 4.99 Å². The van der Waals surface area contributed by atoms with E-state index in [0.29, 0.717) is 6.54 Å². The van der Waals surface area contributed by atoms with Gasteiger partial charge < -0.3 is 25.4 Å². The maximum atomic E-state index is 11.1. The van der Waals surface area contributed by atoms with Crippen LogP contribution >= 0.6 is 24.0 Å². The lowest BCUT2D eigenvalue weighted by Crippen LogP contribution is -2.38. The summed E-state index contributed by atoms with van der Waals surface area (Å²) < 4.78 is 10.7. The second-order valence-electron chi connectivity index (χ2n) is 6.44. The molecule has 2 aromatic rings. The normalized spacial score (nSPS) is 12.1. The van der Waals surface area contributed by atoms with Crippen LogP contribution in [0.5, 0.6) is 11.5 Å². The lowest BCUT2D eigenvalue weighted by atomic mass is 10.1. The highest BCUT2D eigenvalue weighted by molar-refractivity contribution is 14.0. The van der Waals surface area contributed by atoms with E-state index in [1.54, 1.807) is 0 Å². The van der Waals surface area contributed by atoms with Gasteiger partial charge >= 0.3 is 0 Å². The van der Waals surface area contributed by atoms with Crippen molar-refractivity contribution in [3.8, 4) is 11.5 Å². The molecule has 3 N–H and O–H groups in total. The molecule has 8 heteroatoms. The number of fused-ring (bicyclic) bond motifs is 1. The first kappa shape index (κ1) is 22.8. The van der Waals surface area contributed by atoms with Crippen LogP contribution in [-0.2, 0) is 17.8 Å². The summed E-state index contributed by atoms with van der Waals surface area (Å²) in [6.45, 7) is 5.92. The highest BCUT2D eigenvalue weighted by atomic mass is 127. The van der Waals surface area contributed by atoms with Gasteiger partial charge in [0.05, 0.1) is 6.54 Å². The van der Waals surface area contributed by atoms with Crippen molar-refractivity contribution in [1.82, 2.24) is 10.6 Å². The molecule has 1 aliphatic heterocycles. The molecule has 2 aromatic carbocycles. The van der Waals surface area contributed by atoms with Crippen LogP contribution < -0.4 is 25.4 Å². The van der Waals surface area contributed by atoms with Gasteiger partial charge in [-0.1, -0.05) is 18.2 Å². The fourth-order valence-electron chi connectivity index (χ4n) is 2.83. The zero-order chi connectivity index (χ0) is 19.8. The van der Waals surface area contributed by atoms with Crippen LogP contribution in [0.2, 0.25) is 0 Å². The molecule has 0 aromatic heterocycles. The zero-order valence-corrected chi connectivity index (χ0v) is 19.0. The molecule has 156 valence electrons. The van der Waals surface area contributed by atoms with Gasteiger partial charge in [-0.05, 0) is 48.7 Å². The second-order valence-corrected chi connectivity index (χ2v) is 6.44. The molecule has 3 rings (SSSR count). The van der Waals surface area contributed by atoms with E-state index in [1.807, 2.05) is 49.4 Å². The van der Waals surface area contributed by atoms with Crippen LogP contribution in [-0.4, -0.2) is 31.7 Å². The summed E-state index contributed by atoms with van der Waals surface area (Å²) in [5, 5.41) is 9.38. The topological polar surface area (TPSA) is 84.0 Å². The van der Waals surface area contributed by atoms with E-state index < -0.39 is 0 Å². The maximum absolute atomic E-state index is 11.1. The summed E-state index contributed by atoms with van der Waals surface area (Å²) in [6.07, 6.45) is 0.856. The largest absolute Gasteiger partial charge is 0.454 e. The summed E-state index contributed by atoms with van der Waals surface area (Å²) in [4.78, 5) is 15.7. The molecule has 0 radical (unpaired) electrons. The summed E-state index contributed by atoms with van der Waals surface area (Å²) in [5.74, 6) is 2.26. The number of aliphatic imine (C=N–C) groups is 1. The number of nitrogens with one attached hydrogen (secondary N) is 3. The lowest BCUT2D eigenvalue weighted by Gasteiger charge is -2.12. The number of halogens is 1. The van der Waals surface area contributed by atoms with Crippen LogP contribution in [0.25, 0.3) is 0 Å². The number of guanidine groups is 1. The van der Waals surface area contributed by atoms with Crippen molar-refractivity contribution in [2.75, 3.05) is 25.2 Å². The molecule has 29 heavy (non-hydrogen) atoms. The van der Waals surface area contributed by atoms with Crippen molar-refractivity contribution < 1.29 is 14.3 Å². The summed E-state index contributed by atoms with van der Waals surface area (Å²) >= 11 is 0. The highest BCUT2D eigenvalue weighted by Gasteiger charge is 2.12. The number of benzene rings is 2. The predicted octanol–water partition coefficient (Wildman–Crippen LogP) is 3.29. The number of carbonyl (C=O) groups excluding carboxylic acids is 1. The molecule has 0 fully saturated rings. The molecule has 0 saturated heterocycles. The second kappa shape index (κ2) is 11.5. The monoisotopic (exact) mass is 510 g/mol. The van der Waals surface area contributed by atoms with Gasteiger partial charge in [0.25, 0.3) is 0 Å². The molecule has 0 spiro atoms. The Morgan fingerprint density at radius 3 is 2.48 bits per heavy atom. The smallest absolute Gasteiger partial charge is 0.231 e. The molecular weight excluding hydrogens is 483 g/mol. The molecule has 1 amide bonds. The molecule has 1 aliphatic rings. The first-order valence-corrected chi connectivity index (χ1v) is 9.41. The predicted molar refractivity (Wildman–Crippen MR) is 125 cm³/mol. The zero-order valence-electron chi connectivity index (χ0n) is 16.7. The Morgan fingerprint density at radius 2 is 1.76 bits per heavy atom. The number of hydrogen-bond donors (Lipinski definition) is 3. The van der Waals surface area contributed by atoms with Crippen LogP contribution in [0.15, 0.2) is 47.5 Å². The fraction of sp³-hybridized carbons (Fsp3) is 0.333. The van der Waals surface area contributed by atoms with E-state index in [-0.39, 0.29) is 36.7 Å². The highest BCUT2D eigenvalue weighted by Crippen LogP contribution is 2.32. The molecule has 0 bridgehead atoms. The minimum absolute atomic E-state index is 0. The van der Waals surface area contributed by atoms with Crippen molar-refractivity contribution in [2.24, 2.45) is 4.99 Å². The number of ether oxygens (including phenoxy) is 2. The minimum atomic E-state index is -0.0663. The van der Waals surface area contributed by atoms with Gasteiger partial charge in [0, 0.05) is 25.7 Å². The SMILES string of the molecule is CCNC(=NCc1ccc2c(c1)OCO2)NCCc1ccc(NC(C)=O)cc1.I. The van der Waals surface area contributed by atoms with Gasteiger partial charge in [0.2, 0.25) is 12.7 Å². The van der Waals surface area contributed by atoms with Crippen molar-refractivity contribution in [3.05, 3.63) is 53.6 Å². The van der Waals surface area contributed by atoms with Gasteiger partial charge in [0.15, 0.2) is 17.5 Å². The third-order valence-electron chi connectivity index (χ3n) is 4.18. The van der Waals surface area contributed by atoms with E-state index in [4.69, 9.17) is 9.47 Å². The molecule has 0 saturated carbocycles. The average Bonchev–Trinajstić information content (AvgIpc) is 3.15. The van der Waals surface area contributed by atoms with Gasteiger partial charge in [0.1, 0.15) is 0 Å². The van der Waals surface area contributed by atoms with Crippen molar-refractivity contribution in [3.63, 3.8) is 0 Å². The molecule has 1 heterocycles. The number of hydrogen-bond acceptors (Lipinski definition) is 4. The summed E-state index contributed by atoms with van der Waals surface area (Å²) in [7, 11) is 0. The molecular formula is C21H27IN4O3. The number of amides is 1. The standard InChI is InChI=1S/C21H26N4O3.HI/c1-3-22-21(24-13-17-6-9-19-20(12-17)28-14-27-19)23-11-10-16-4-7-18(8-5-16)25-15(2)26;/h4-9,12H,3,10-11,13-14H2,1-2H3,(H,25,26)(H2,22,23,24);1H. The third-order valence-corrected chi connectivity index (χ3v) is 4.18. The average molecular weight is 510 g/mol. The fourth-order valence-corrected chi connectivity index (χ4v) is 2.83. The third kappa shape index (κ3) is 7.12. The van der Waals surface area contributed by atoms with E-state index in [1.165, 1.54) is 12.5 Å².